The Bertz CT molecular complexity index is 393. The van der Waals surface area contributed by atoms with Crippen LogP contribution in [0, 0.1) is 17.1 Å². The van der Waals surface area contributed by atoms with E-state index in [1.54, 1.807) is 0 Å². The molecule has 1 aromatic rings. The minimum Gasteiger partial charge on any atom is -0.373 e. The number of benzene rings is 1. The van der Waals surface area contributed by atoms with Crippen molar-refractivity contribution in [1.82, 2.24) is 0 Å². The summed E-state index contributed by atoms with van der Waals surface area (Å²) in [6.45, 7) is 2.62. The maximum Gasteiger partial charge on any atom is 0.123 e. The van der Waals surface area contributed by atoms with Crippen molar-refractivity contribution in [3.63, 3.8) is 0 Å². The van der Waals surface area contributed by atoms with Crippen molar-refractivity contribution >= 4 is 0 Å². The Morgan fingerprint density at radius 1 is 1.53 bits per heavy atom. The molecule has 1 aromatic carbocycles. The van der Waals surface area contributed by atoms with Crippen LogP contribution in [0.4, 0.5) is 4.39 Å². The molecule has 0 fully saturated rings. The van der Waals surface area contributed by atoms with Gasteiger partial charge in [0.25, 0.3) is 0 Å². The summed E-state index contributed by atoms with van der Waals surface area (Å²) >= 11 is 0. The average molecular weight is 205 g/mol. The van der Waals surface area contributed by atoms with Crippen LogP contribution < -0.4 is 0 Å². The Labute approximate surface area is 88.6 Å². The number of nitrogens with zero attached hydrogens (tertiary/aromatic N) is 1. The number of rotatable bonds is 4. The Hall–Kier alpha value is -1.66. The summed E-state index contributed by atoms with van der Waals surface area (Å²) < 4.78 is 18.1. The Balaban J connectivity index is 2.67. The Morgan fingerprint density at radius 3 is 3.00 bits per heavy atom. The van der Waals surface area contributed by atoms with Crippen molar-refractivity contribution in [3.8, 4) is 6.07 Å². The fourth-order valence-corrected chi connectivity index (χ4v) is 1.12. The zero-order valence-electron chi connectivity index (χ0n) is 8.53. The van der Waals surface area contributed by atoms with Crippen molar-refractivity contribution in [3.05, 3.63) is 47.3 Å². The third-order valence-electron chi connectivity index (χ3n) is 1.90. The van der Waals surface area contributed by atoms with Gasteiger partial charge in [0.15, 0.2) is 0 Å². The summed E-state index contributed by atoms with van der Waals surface area (Å²) in [7, 11) is 0. The van der Waals surface area contributed by atoms with E-state index in [1.165, 1.54) is 18.2 Å². The first kappa shape index (κ1) is 11.4. The molecule has 0 aromatic heterocycles. The maximum absolute atomic E-state index is 12.9. The smallest absolute Gasteiger partial charge is 0.123 e. The van der Waals surface area contributed by atoms with Crippen molar-refractivity contribution < 1.29 is 9.13 Å². The molecule has 0 unspecified atom stereocenters. The number of allylic oxidation sites excluding steroid dienone is 1. The molecule has 2 nitrogen and oxygen atoms in total. The van der Waals surface area contributed by atoms with Crippen LogP contribution in [0.2, 0.25) is 0 Å². The largest absolute Gasteiger partial charge is 0.373 e. The second kappa shape index (κ2) is 5.94. The molecule has 0 bridgehead atoms. The Morgan fingerprint density at radius 2 is 2.33 bits per heavy atom. The van der Waals surface area contributed by atoms with Gasteiger partial charge in [-0.25, -0.2) is 4.39 Å². The van der Waals surface area contributed by atoms with Crippen LogP contribution in [0.15, 0.2) is 30.4 Å². The van der Waals surface area contributed by atoms with Crippen LogP contribution in [-0.4, -0.2) is 6.61 Å². The maximum atomic E-state index is 12.9. The first-order chi connectivity index (χ1) is 7.27. The van der Waals surface area contributed by atoms with Gasteiger partial charge < -0.3 is 4.74 Å². The minimum absolute atomic E-state index is 0.255. The minimum atomic E-state index is -0.348. The quantitative estimate of drug-likeness (QED) is 0.559. The molecule has 78 valence electrons. The van der Waals surface area contributed by atoms with Gasteiger partial charge in [-0.1, -0.05) is 12.2 Å². The van der Waals surface area contributed by atoms with Gasteiger partial charge in [-0.2, -0.15) is 5.26 Å². The zero-order chi connectivity index (χ0) is 11.1. The van der Waals surface area contributed by atoms with Gasteiger partial charge in [-0.15, -0.1) is 0 Å². The summed E-state index contributed by atoms with van der Waals surface area (Å²) in [5, 5.41) is 8.77. The molecular formula is C12H12FNO. The molecule has 15 heavy (non-hydrogen) atoms. The standard InChI is InChI=1S/C12H12FNO/c1-2-3-6-15-9-11-7-12(13)5-4-10(11)8-14/h2-5,7H,6,9H2,1H3/b3-2+. The van der Waals surface area contributed by atoms with Crippen LogP contribution in [-0.2, 0) is 11.3 Å². The third-order valence-corrected chi connectivity index (χ3v) is 1.90. The summed E-state index contributed by atoms with van der Waals surface area (Å²) in [4.78, 5) is 0. The fraction of sp³-hybridized carbons (Fsp3) is 0.250. The van der Waals surface area contributed by atoms with E-state index in [1.807, 2.05) is 25.1 Å². The second-order valence-electron chi connectivity index (χ2n) is 3.00. The first-order valence-corrected chi connectivity index (χ1v) is 4.65. The lowest BCUT2D eigenvalue weighted by Crippen LogP contribution is -1.96. The zero-order valence-corrected chi connectivity index (χ0v) is 8.53. The molecule has 3 heteroatoms. The molecule has 0 radical (unpaired) electrons. The fourth-order valence-electron chi connectivity index (χ4n) is 1.12. The summed E-state index contributed by atoms with van der Waals surface area (Å²) in [5.74, 6) is -0.348. The van der Waals surface area contributed by atoms with E-state index in [2.05, 4.69) is 0 Å². The predicted octanol–water partition coefficient (Wildman–Crippen LogP) is 2.79. The molecule has 0 aliphatic rings. The highest BCUT2D eigenvalue weighted by Gasteiger charge is 2.03. The molecule has 0 N–H and O–H groups in total. The highest BCUT2D eigenvalue weighted by atomic mass is 19.1. The average Bonchev–Trinajstić information content (AvgIpc) is 2.25. The summed E-state index contributed by atoms with van der Waals surface area (Å²) in [6, 6.07) is 6.06. The van der Waals surface area contributed by atoms with Crippen LogP contribution in [0.5, 0.6) is 0 Å². The van der Waals surface area contributed by atoms with Gasteiger partial charge in [0.1, 0.15) is 5.82 Å². The lowest BCUT2D eigenvalue weighted by Gasteiger charge is -2.03. The van der Waals surface area contributed by atoms with E-state index >= 15 is 0 Å². The molecule has 0 atom stereocenters. The molecule has 0 aliphatic carbocycles. The highest BCUT2D eigenvalue weighted by molar-refractivity contribution is 5.37. The molecule has 0 aliphatic heterocycles. The van der Waals surface area contributed by atoms with Gasteiger partial charge in [-0.3, -0.25) is 0 Å². The number of nitriles is 1. The van der Waals surface area contributed by atoms with Crippen molar-refractivity contribution in [1.29, 1.82) is 5.26 Å². The number of hydrogen-bond donors (Lipinski definition) is 0. The third kappa shape index (κ3) is 3.53. The van der Waals surface area contributed by atoms with Gasteiger partial charge in [0.05, 0.1) is 24.8 Å². The predicted molar refractivity (Wildman–Crippen MR) is 55.6 cm³/mol. The van der Waals surface area contributed by atoms with E-state index in [0.717, 1.165) is 0 Å². The van der Waals surface area contributed by atoms with E-state index in [9.17, 15) is 4.39 Å². The highest BCUT2D eigenvalue weighted by Crippen LogP contribution is 2.11. The summed E-state index contributed by atoms with van der Waals surface area (Å²) in [6.07, 6.45) is 3.72. The van der Waals surface area contributed by atoms with Gasteiger partial charge >= 0.3 is 0 Å². The van der Waals surface area contributed by atoms with Gasteiger partial charge in [0.2, 0.25) is 0 Å². The molecule has 0 saturated carbocycles. The lowest BCUT2D eigenvalue weighted by molar-refractivity contribution is 0.148. The van der Waals surface area contributed by atoms with Crippen molar-refractivity contribution in [2.24, 2.45) is 0 Å². The van der Waals surface area contributed by atoms with Gasteiger partial charge in [-0.05, 0) is 30.7 Å². The first-order valence-electron chi connectivity index (χ1n) is 4.65. The summed E-state index contributed by atoms with van der Waals surface area (Å²) in [5.41, 5.74) is 1.04. The topological polar surface area (TPSA) is 33.0 Å². The van der Waals surface area contributed by atoms with E-state index in [4.69, 9.17) is 10.00 Å². The SMILES string of the molecule is C/C=C/COCc1cc(F)ccc1C#N. The molecule has 0 heterocycles. The molecule has 1 rings (SSSR count). The number of ether oxygens (including phenoxy) is 1. The molecule has 0 spiro atoms. The van der Waals surface area contributed by atoms with Crippen LogP contribution in [0.25, 0.3) is 0 Å². The normalized spacial score (nSPS) is 10.5. The van der Waals surface area contributed by atoms with Crippen molar-refractivity contribution in [2.75, 3.05) is 6.61 Å². The molecular weight excluding hydrogens is 193 g/mol. The molecule has 0 saturated heterocycles. The molecule has 0 amide bonds. The van der Waals surface area contributed by atoms with Crippen LogP contribution in [0.1, 0.15) is 18.1 Å². The Kier molecular flexibility index (Phi) is 4.52. The van der Waals surface area contributed by atoms with E-state index in [-0.39, 0.29) is 12.4 Å². The monoisotopic (exact) mass is 205 g/mol. The van der Waals surface area contributed by atoms with E-state index < -0.39 is 0 Å². The van der Waals surface area contributed by atoms with Crippen molar-refractivity contribution in [2.45, 2.75) is 13.5 Å². The number of halogens is 1. The van der Waals surface area contributed by atoms with E-state index in [0.29, 0.717) is 17.7 Å². The second-order valence-corrected chi connectivity index (χ2v) is 3.00. The van der Waals surface area contributed by atoms with Crippen LogP contribution >= 0.6 is 0 Å². The number of hydrogen-bond acceptors (Lipinski definition) is 2. The van der Waals surface area contributed by atoms with Crippen LogP contribution in [0.3, 0.4) is 0 Å². The van der Waals surface area contributed by atoms with Gasteiger partial charge in [0, 0.05) is 0 Å². The lowest BCUT2D eigenvalue weighted by atomic mass is 10.1.